The number of hydrogen-bond acceptors (Lipinski definition) is 7. The summed E-state index contributed by atoms with van der Waals surface area (Å²) in [5, 5.41) is 10.6. The lowest BCUT2D eigenvalue weighted by molar-refractivity contribution is -0.106. The minimum Gasteiger partial charge on any atom is -0.386 e. The number of carbonyl (C=O) groups is 1. The molecule has 0 aliphatic carbocycles. The number of carbonyl (C=O) groups excluding carboxylic acids is 1. The van der Waals surface area contributed by atoms with Gasteiger partial charge in [-0.15, -0.1) is 0 Å². The molecule has 1 rings (SSSR count). The van der Waals surface area contributed by atoms with Crippen molar-refractivity contribution in [1.82, 2.24) is 4.90 Å². The topological polar surface area (TPSA) is 144 Å². The van der Waals surface area contributed by atoms with Gasteiger partial charge in [-0.1, -0.05) is 33.1 Å². The van der Waals surface area contributed by atoms with E-state index in [4.69, 9.17) is 19.5 Å². The van der Waals surface area contributed by atoms with Gasteiger partial charge in [0.2, 0.25) is 6.41 Å². The summed E-state index contributed by atoms with van der Waals surface area (Å²) in [5.74, 6) is -0.00879. The summed E-state index contributed by atoms with van der Waals surface area (Å²) >= 11 is 0. The SMILES string of the molecule is CCCCCCOP(=O)(O)OC1C(CC)OC(N(C)/C=C\C(N)=NC=O)C1O. The van der Waals surface area contributed by atoms with Crippen molar-refractivity contribution in [3.8, 4) is 0 Å². The Labute approximate surface area is 166 Å². The molecule has 4 N–H and O–H groups in total. The maximum Gasteiger partial charge on any atom is 0.472 e. The highest BCUT2D eigenvalue weighted by Crippen LogP contribution is 2.48. The highest BCUT2D eigenvalue weighted by Gasteiger charge is 2.48. The van der Waals surface area contributed by atoms with Gasteiger partial charge in [0.05, 0.1) is 12.7 Å². The van der Waals surface area contributed by atoms with E-state index >= 15 is 0 Å². The summed E-state index contributed by atoms with van der Waals surface area (Å²) in [5.41, 5.74) is 5.50. The van der Waals surface area contributed by atoms with Crippen LogP contribution in [0.15, 0.2) is 17.3 Å². The maximum absolute atomic E-state index is 12.2. The molecule has 5 unspecified atom stereocenters. The summed E-state index contributed by atoms with van der Waals surface area (Å²) in [4.78, 5) is 25.1. The second-order valence-corrected chi connectivity index (χ2v) is 7.94. The van der Waals surface area contributed by atoms with E-state index in [2.05, 4.69) is 11.9 Å². The second kappa shape index (κ2) is 12.3. The third-order valence-corrected chi connectivity index (χ3v) is 5.32. The third-order valence-electron chi connectivity index (χ3n) is 4.30. The van der Waals surface area contributed by atoms with Crippen LogP contribution in [0.3, 0.4) is 0 Å². The van der Waals surface area contributed by atoms with Crippen molar-refractivity contribution in [2.45, 2.75) is 70.5 Å². The van der Waals surface area contributed by atoms with Crippen molar-refractivity contribution >= 4 is 20.1 Å². The van der Waals surface area contributed by atoms with Crippen LogP contribution < -0.4 is 5.73 Å². The number of ether oxygens (including phenoxy) is 1. The Bertz CT molecular complexity index is 587. The van der Waals surface area contributed by atoms with E-state index < -0.39 is 32.4 Å². The Morgan fingerprint density at radius 3 is 2.68 bits per heavy atom. The van der Waals surface area contributed by atoms with Gasteiger partial charge in [0.1, 0.15) is 18.0 Å². The summed E-state index contributed by atoms with van der Waals surface area (Å²) in [6, 6.07) is 0. The molecule has 11 heteroatoms. The average molecular weight is 421 g/mol. The molecule has 28 heavy (non-hydrogen) atoms. The number of likely N-dealkylation sites (N-methyl/N-ethyl adjacent to an activating group) is 1. The van der Waals surface area contributed by atoms with Crippen LogP contribution in [0.5, 0.6) is 0 Å². The van der Waals surface area contributed by atoms with E-state index in [1.165, 1.54) is 17.2 Å². The minimum atomic E-state index is -4.33. The van der Waals surface area contributed by atoms with E-state index in [9.17, 15) is 19.4 Å². The highest BCUT2D eigenvalue weighted by atomic mass is 31.2. The molecule has 1 aliphatic rings. The monoisotopic (exact) mass is 421 g/mol. The summed E-state index contributed by atoms with van der Waals surface area (Å²) in [6.45, 7) is 3.99. The molecule has 0 saturated carbocycles. The highest BCUT2D eigenvalue weighted by molar-refractivity contribution is 7.47. The largest absolute Gasteiger partial charge is 0.472 e. The molecule has 5 atom stereocenters. The van der Waals surface area contributed by atoms with Crippen LogP contribution in [0.1, 0.15) is 46.0 Å². The molecule has 0 aromatic carbocycles. The number of unbranched alkanes of at least 4 members (excludes halogenated alkanes) is 3. The summed E-state index contributed by atoms with van der Waals surface area (Å²) in [7, 11) is -2.71. The van der Waals surface area contributed by atoms with E-state index in [0.717, 1.165) is 19.3 Å². The molecule has 1 aliphatic heterocycles. The first kappa shape index (κ1) is 24.7. The molecular weight excluding hydrogens is 389 g/mol. The zero-order chi connectivity index (χ0) is 21.2. The van der Waals surface area contributed by atoms with Gasteiger partial charge in [0.15, 0.2) is 6.23 Å². The van der Waals surface area contributed by atoms with Crippen molar-refractivity contribution in [2.75, 3.05) is 13.7 Å². The van der Waals surface area contributed by atoms with Gasteiger partial charge in [0.25, 0.3) is 0 Å². The predicted octanol–water partition coefficient (Wildman–Crippen LogP) is 1.52. The number of rotatable bonds is 13. The first-order chi connectivity index (χ1) is 13.3. The van der Waals surface area contributed by atoms with Crippen LogP contribution in [0.4, 0.5) is 0 Å². The number of amidine groups is 1. The minimum absolute atomic E-state index is 0.00879. The molecule has 10 nitrogen and oxygen atoms in total. The van der Waals surface area contributed by atoms with E-state index in [-0.39, 0.29) is 12.4 Å². The molecule has 162 valence electrons. The number of aliphatic hydroxyl groups is 1. The molecule has 0 spiro atoms. The van der Waals surface area contributed by atoms with Gasteiger partial charge < -0.3 is 25.4 Å². The van der Waals surface area contributed by atoms with Crippen molar-refractivity contribution in [1.29, 1.82) is 0 Å². The quantitative estimate of drug-likeness (QED) is 0.132. The molecule has 0 bridgehead atoms. The number of nitrogens with two attached hydrogens (primary N) is 1. The number of aliphatic imine (C=N–C) groups is 1. The lowest BCUT2D eigenvalue weighted by Gasteiger charge is -2.26. The van der Waals surface area contributed by atoms with E-state index in [0.29, 0.717) is 19.3 Å². The molecule has 0 aromatic rings. The Hall–Kier alpha value is -1.29. The van der Waals surface area contributed by atoms with Crippen LogP contribution in [0, 0.1) is 0 Å². The van der Waals surface area contributed by atoms with Crippen LogP contribution in [-0.4, -0.2) is 65.3 Å². The van der Waals surface area contributed by atoms with Crippen LogP contribution in [0.2, 0.25) is 0 Å². The summed E-state index contributed by atoms with van der Waals surface area (Å²) in [6.07, 6.45) is 3.60. The molecule has 1 saturated heterocycles. The Morgan fingerprint density at radius 2 is 2.07 bits per heavy atom. The van der Waals surface area contributed by atoms with Gasteiger partial charge in [-0.2, -0.15) is 4.99 Å². The number of hydrogen-bond donors (Lipinski definition) is 3. The average Bonchev–Trinajstić information content (AvgIpc) is 2.95. The molecule has 0 aromatic heterocycles. The lowest BCUT2D eigenvalue weighted by Crippen LogP contribution is -2.40. The smallest absolute Gasteiger partial charge is 0.386 e. The van der Waals surface area contributed by atoms with Gasteiger partial charge in [-0.3, -0.25) is 13.8 Å². The van der Waals surface area contributed by atoms with Crippen molar-refractivity contribution in [3.05, 3.63) is 12.3 Å². The Morgan fingerprint density at radius 1 is 1.36 bits per heavy atom. The number of aliphatic hydroxyl groups excluding tert-OH is 1. The predicted molar refractivity (Wildman–Crippen MR) is 104 cm³/mol. The maximum atomic E-state index is 12.2. The Kier molecular flexibility index (Phi) is 10.9. The van der Waals surface area contributed by atoms with Crippen molar-refractivity contribution < 1.29 is 33.1 Å². The molecule has 1 amide bonds. The fraction of sp³-hybridized carbons (Fsp3) is 0.765. The zero-order valence-corrected chi connectivity index (χ0v) is 17.5. The number of amides is 1. The number of phosphoric acid groups is 1. The number of nitrogens with zero attached hydrogens (tertiary/aromatic N) is 2. The van der Waals surface area contributed by atoms with E-state index in [1.54, 1.807) is 7.05 Å². The van der Waals surface area contributed by atoms with Crippen LogP contribution in [0.25, 0.3) is 0 Å². The van der Waals surface area contributed by atoms with Crippen LogP contribution in [-0.2, 0) is 23.1 Å². The van der Waals surface area contributed by atoms with Gasteiger partial charge in [-0.05, 0) is 18.9 Å². The third kappa shape index (κ3) is 7.98. The second-order valence-electron chi connectivity index (χ2n) is 6.54. The normalized spacial score (nSPS) is 27.8. The molecular formula is C17H32N3O7P. The lowest BCUT2D eigenvalue weighted by atomic mass is 10.1. The Balaban J connectivity index is 2.69. The van der Waals surface area contributed by atoms with Gasteiger partial charge in [-0.25, -0.2) is 4.57 Å². The van der Waals surface area contributed by atoms with Gasteiger partial charge >= 0.3 is 7.82 Å². The van der Waals surface area contributed by atoms with E-state index in [1.807, 2.05) is 6.92 Å². The molecule has 1 fully saturated rings. The first-order valence-electron chi connectivity index (χ1n) is 9.42. The summed E-state index contributed by atoms with van der Waals surface area (Å²) < 4.78 is 28.2. The molecule has 0 radical (unpaired) electrons. The van der Waals surface area contributed by atoms with Gasteiger partial charge in [0, 0.05) is 13.2 Å². The fourth-order valence-electron chi connectivity index (χ4n) is 2.79. The fourth-order valence-corrected chi connectivity index (χ4v) is 3.78. The van der Waals surface area contributed by atoms with Crippen molar-refractivity contribution in [2.24, 2.45) is 10.7 Å². The van der Waals surface area contributed by atoms with Crippen molar-refractivity contribution in [3.63, 3.8) is 0 Å². The van der Waals surface area contributed by atoms with Crippen LogP contribution >= 0.6 is 7.82 Å². The zero-order valence-electron chi connectivity index (χ0n) is 16.6. The number of phosphoric ester groups is 1. The first-order valence-corrected chi connectivity index (χ1v) is 10.9. The molecule has 1 heterocycles. The standard InChI is InChI=1S/C17H32N3O7P/c1-4-6-7-8-11-25-28(23,24)27-16-13(5-2)26-17(15(16)22)20(3)10-9-14(18)19-12-21/h9-10,12-13,15-17,22H,4-8,11H2,1-3H3,(H,23,24)(H2,18,19,21)/b10-9-.